The molecule has 0 radical (unpaired) electrons. The third-order valence-electron chi connectivity index (χ3n) is 17.8. The Morgan fingerprint density at radius 1 is 0.259 bits per heavy atom. The maximum Gasteiger partial charge on any atom is 0.339 e. The second-order valence-corrected chi connectivity index (χ2v) is 35.3. The van der Waals surface area contributed by atoms with E-state index in [1.807, 2.05) is 0 Å². The van der Waals surface area contributed by atoms with E-state index in [1.165, 1.54) is 146 Å². The number of halogens is 4. The molecule has 0 saturated carbocycles. The van der Waals surface area contributed by atoms with Gasteiger partial charge >= 0.3 is 40.5 Å². The van der Waals surface area contributed by atoms with E-state index < -0.39 is 89.2 Å². The summed E-state index contributed by atoms with van der Waals surface area (Å²) in [6.45, 7) is 0. The van der Waals surface area contributed by atoms with Crippen LogP contribution in [0.15, 0.2) is 304 Å². The predicted octanol–water partition coefficient (Wildman–Crippen LogP) is 20.7. The molecule has 0 aromatic heterocycles. The fourth-order valence-corrected chi connectivity index (χ4v) is 17.6. The number of benzene rings is 12. The summed E-state index contributed by atoms with van der Waals surface area (Å²) in [5.41, 5.74) is 2.20. The van der Waals surface area contributed by atoms with Crippen LogP contribution in [0.4, 0.5) is 0 Å². The number of allylic oxidation sites excluding steroid dienone is 4. The summed E-state index contributed by atoms with van der Waals surface area (Å²) in [4.78, 5) is -1.35. The summed E-state index contributed by atoms with van der Waals surface area (Å²) in [5, 5.41) is 45.9. The van der Waals surface area contributed by atoms with Crippen LogP contribution < -0.4 is 16.7 Å². The molecule has 0 fully saturated rings. The van der Waals surface area contributed by atoms with E-state index in [2.05, 4.69) is 88.0 Å². The van der Waals surface area contributed by atoms with Gasteiger partial charge in [0.05, 0.1) is 46.6 Å². The largest absolute Gasteiger partial charge is 0.378 e. The average molecular weight is 1810 g/mol. The number of nitrogens with zero attached hydrogens (tertiary/aromatic N) is 4. The van der Waals surface area contributed by atoms with Crippen LogP contribution >= 0.6 is 63.7 Å². The van der Waals surface area contributed by atoms with Gasteiger partial charge in [-0.25, -0.2) is 0 Å². The second-order valence-electron chi connectivity index (χ2n) is 25.5. The van der Waals surface area contributed by atoms with E-state index in [-0.39, 0.29) is 109 Å². The molecule has 1 aliphatic rings. The summed E-state index contributed by atoms with van der Waals surface area (Å²) in [6, 6.07) is 78.9. The summed E-state index contributed by atoms with van der Waals surface area (Å²) in [7, 11) is -20.1. The number of nitriles is 4. The Kier molecular flexibility index (Phi) is 23.9. The first-order valence-corrected chi connectivity index (χ1v) is 42.8. The van der Waals surface area contributed by atoms with Crippen molar-refractivity contribution in [3.05, 3.63) is 374 Å². The van der Waals surface area contributed by atoms with Gasteiger partial charge in [0, 0.05) is 88.1 Å². The summed E-state index contributed by atoms with van der Waals surface area (Å²) < 4.78 is 152. The molecular formula is C88H56Br4N4O12S4. The lowest BCUT2D eigenvalue weighted by atomic mass is 9.86. The van der Waals surface area contributed by atoms with Gasteiger partial charge < -0.3 is 16.7 Å². The molecule has 0 aliphatic heterocycles. The van der Waals surface area contributed by atoms with Crippen LogP contribution in [-0.2, 0) is 66.2 Å². The summed E-state index contributed by atoms with van der Waals surface area (Å²) >= 11 is 13.6. The topological polar surface area (TPSA) is 269 Å². The van der Waals surface area contributed by atoms with Gasteiger partial charge in [-0.15, -0.1) is 0 Å². The highest BCUT2D eigenvalue weighted by Crippen LogP contribution is 2.46. The normalized spacial score (nSPS) is 12.8. The molecule has 12 aromatic rings. The standard InChI is InChI=1S/C88H56Br4N4O12S4/c89-77-21-29-81(30-22-77)109(97,98)105-85-65-41-61(73(53-93)37-57-13-5-1-6-14-57)42-66(85)50-68-44-63(75(55-95)39-59-17-9-3-10-18-59)46-70(87(68)107-111(101,102)83-33-25-79(91)26-34-83)52-72-48-64(76(56-96)40-60-19-11-4-12-20-60)47-71(88(72)108-112(103,104)84-35-27-80(92)28-36-84)51-69-45-62(74(54-94)38-58-15-7-2-8-16-58)43-67(49-65)86(69)106-110(99,100)82-31-23-78(90)24-32-82/h1-48H,49-52H2/b73-37-,74-38+,75-39+,76-40-. The van der Waals surface area contributed by atoms with Crippen molar-refractivity contribution in [1.29, 1.82) is 21.0 Å². The molecule has 13 rings (SSSR count). The first-order valence-electron chi connectivity index (χ1n) is 34.0. The quantitative estimate of drug-likeness (QED) is 0.0390. The van der Waals surface area contributed by atoms with Crippen LogP contribution in [0.25, 0.3) is 46.6 Å². The van der Waals surface area contributed by atoms with Crippen LogP contribution in [0.5, 0.6) is 23.0 Å². The van der Waals surface area contributed by atoms with Crippen molar-refractivity contribution in [1.82, 2.24) is 0 Å². The highest BCUT2D eigenvalue weighted by Gasteiger charge is 2.33. The maximum absolute atomic E-state index is 15.5. The molecule has 0 unspecified atom stereocenters. The molecule has 12 aromatic carbocycles. The molecule has 0 saturated heterocycles. The fourth-order valence-electron chi connectivity index (χ4n) is 12.6. The Hall–Kier alpha value is -11.5. The maximum atomic E-state index is 15.5. The molecule has 112 heavy (non-hydrogen) atoms. The Bertz CT molecular complexity index is 5600. The van der Waals surface area contributed by atoms with E-state index in [0.29, 0.717) is 40.1 Å². The van der Waals surface area contributed by atoms with E-state index in [0.717, 1.165) is 0 Å². The lowest BCUT2D eigenvalue weighted by molar-refractivity contribution is 0.478. The van der Waals surface area contributed by atoms with Crippen LogP contribution in [0.2, 0.25) is 0 Å². The summed E-state index contributed by atoms with van der Waals surface area (Å²) in [6.07, 6.45) is 3.94. The number of hydrogen-bond acceptors (Lipinski definition) is 16. The molecule has 0 heterocycles. The van der Waals surface area contributed by atoms with Gasteiger partial charge in [-0.2, -0.15) is 54.7 Å². The minimum atomic E-state index is -5.01. The van der Waals surface area contributed by atoms with Crippen molar-refractivity contribution >= 4 is 151 Å². The smallest absolute Gasteiger partial charge is 0.339 e. The van der Waals surface area contributed by atoms with Gasteiger partial charge in [-0.05, 0) is 214 Å². The van der Waals surface area contributed by atoms with E-state index in [1.54, 1.807) is 146 Å². The molecule has 16 nitrogen and oxygen atoms in total. The van der Waals surface area contributed by atoms with Crippen molar-refractivity contribution in [3.8, 4) is 47.3 Å². The third-order valence-corrected chi connectivity index (χ3v) is 24.9. The first-order chi connectivity index (χ1) is 53.8. The van der Waals surface area contributed by atoms with Crippen molar-refractivity contribution in [2.45, 2.75) is 45.3 Å². The van der Waals surface area contributed by atoms with Gasteiger partial charge in [0.1, 0.15) is 42.6 Å². The Morgan fingerprint density at radius 3 is 0.571 bits per heavy atom. The number of hydrogen-bond donors (Lipinski definition) is 0. The van der Waals surface area contributed by atoms with Gasteiger partial charge in [0.15, 0.2) is 0 Å². The zero-order chi connectivity index (χ0) is 78.9. The minimum Gasteiger partial charge on any atom is -0.378 e. The average Bonchev–Trinajstić information content (AvgIpc) is 0.746. The van der Waals surface area contributed by atoms with Gasteiger partial charge in [0.2, 0.25) is 0 Å². The molecule has 8 bridgehead atoms. The number of fused-ring (bicyclic) bond motifs is 8. The molecule has 552 valence electrons. The molecule has 0 amide bonds. The van der Waals surface area contributed by atoms with Gasteiger partial charge in [-0.1, -0.05) is 185 Å². The Balaban J connectivity index is 1.24. The first kappa shape index (κ1) is 78.6. The Morgan fingerprint density at radius 2 is 0.420 bits per heavy atom. The molecular weight excluding hydrogens is 1750 g/mol. The van der Waals surface area contributed by atoms with Crippen molar-refractivity contribution in [2.24, 2.45) is 0 Å². The fraction of sp³-hybridized carbons (Fsp3) is 0.0455. The zero-order valence-corrected chi connectivity index (χ0v) is 68.0. The number of rotatable bonds is 20. The zero-order valence-electron chi connectivity index (χ0n) is 58.4. The Labute approximate surface area is 682 Å². The third kappa shape index (κ3) is 18.6. The van der Waals surface area contributed by atoms with Gasteiger partial charge in [0.25, 0.3) is 0 Å². The molecule has 0 spiro atoms. The van der Waals surface area contributed by atoms with Crippen LogP contribution in [0.1, 0.15) is 89.0 Å². The molecule has 0 atom stereocenters. The van der Waals surface area contributed by atoms with E-state index in [9.17, 15) is 21.0 Å². The monoisotopic (exact) mass is 1800 g/mol. The second kappa shape index (κ2) is 34.0. The molecule has 24 heteroatoms. The van der Waals surface area contributed by atoms with Crippen LogP contribution in [0, 0.1) is 45.3 Å². The predicted molar refractivity (Wildman–Crippen MR) is 445 cm³/mol. The van der Waals surface area contributed by atoms with Crippen LogP contribution in [-0.4, -0.2) is 33.7 Å². The van der Waals surface area contributed by atoms with Crippen LogP contribution in [0.3, 0.4) is 0 Å². The lowest BCUT2D eigenvalue weighted by Gasteiger charge is -2.24. The van der Waals surface area contributed by atoms with Crippen molar-refractivity contribution in [3.63, 3.8) is 0 Å². The van der Waals surface area contributed by atoms with Crippen molar-refractivity contribution in [2.75, 3.05) is 0 Å². The van der Waals surface area contributed by atoms with E-state index >= 15 is 33.7 Å². The highest BCUT2D eigenvalue weighted by atomic mass is 79.9. The lowest BCUT2D eigenvalue weighted by Crippen LogP contribution is -2.17. The van der Waals surface area contributed by atoms with Gasteiger partial charge in [-0.3, -0.25) is 0 Å². The van der Waals surface area contributed by atoms with Crippen molar-refractivity contribution < 1.29 is 50.4 Å². The minimum absolute atomic E-state index is 0.00552. The highest BCUT2D eigenvalue weighted by molar-refractivity contribution is 9.11. The molecule has 0 N–H and O–H groups in total. The SMILES string of the molecule is N#C/C(=C\c1ccccc1)c1cc2c(OS(=O)(=O)c3ccc(Br)cc3)c(c1)Cc1cc(/C(C#N)=C\c3ccccc3)cc(c1OS(=O)(=O)c1ccc(Br)cc1)Cc1cc(/C(C#N)=C/c3ccccc3)cc(c1OS(=O)(=O)c1ccc(Br)cc1)Cc1cc(/C(C#N)=C\c3ccccc3)cc(c1OS(=O)(=O)c1ccc(Br)cc1)C2. The molecule has 1 aliphatic carbocycles. The summed E-state index contributed by atoms with van der Waals surface area (Å²) in [5.74, 6) is -1.68. The van der Waals surface area contributed by atoms with E-state index in [4.69, 9.17) is 16.7 Å².